The van der Waals surface area contributed by atoms with E-state index in [0.29, 0.717) is 30.6 Å². The number of amides is 1. The van der Waals surface area contributed by atoms with Crippen molar-refractivity contribution in [2.45, 2.75) is 45.8 Å². The molecule has 6 heteroatoms. The molecule has 1 aliphatic heterocycles. The van der Waals surface area contributed by atoms with Gasteiger partial charge in [0.05, 0.1) is 17.3 Å². The molecule has 4 rings (SSSR count). The van der Waals surface area contributed by atoms with Crippen molar-refractivity contribution in [2.75, 3.05) is 6.54 Å². The van der Waals surface area contributed by atoms with Crippen molar-refractivity contribution in [2.24, 2.45) is 11.8 Å². The summed E-state index contributed by atoms with van der Waals surface area (Å²) in [5.41, 5.74) is 3.86. The van der Waals surface area contributed by atoms with Crippen LogP contribution in [0.25, 0.3) is 10.9 Å². The molecule has 0 bridgehead atoms. The van der Waals surface area contributed by atoms with Gasteiger partial charge in [0, 0.05) is 23.5 Å². The number of alkyl halides is 1. The molecule has 4 nitrogen and oxygen atoms in total. The van der Waals surface area contributed by atoms with Gasteiger partial charge in [-0.25, -0.2) is 8.78 Å². The average Bonchev–Trinajstić information content (AvgIpc) is 3.22. The topological polar surface area (TPSA) is 56.9 Å². The predicted octanol–water partition coefficient (Wildman–Crippen LogP) is 3.99. The SMILES string of the molecule is Cc1[nH]c2c(F)ccc(C)c2c1CCNC(=O)C1=CC2C(F)CC(C)C=CC2N1. The number of fused-ring (bicyclic) bond motifs is 2. The van der Waals surface area contributed by atoms with Gasteiger partial charge in [0.15, 0.2) is 0 Å². The Labute approximate surface area is 169 Å². The van der Waals surface area contributed by atoms with Gasteiger partial charge in [0.25, 0.3) is 5.91 Å². The maximum Gasteiger partial charge on any atom is 0.267 e. The molecule has 2 heterocycles. The summed E-state index contributed by atoms with van der Waals surface area (Å²) in [6.45, 7) is 6.29. The Morgan fingerprint density at radius 3 is 2.86 bits per heavy atom. The number of nitrogens with one attached hydrogen (secondary N) is 3. The summed E-state index contributed by atoms with van der Waals surface area (Å²) in [7, 11) is 0. The Morgan fingerprint density at radius 1 is 1.28 bits per heavy atom. The lowest BCUT2D eigenvalue weighted by Crippen LogP contribution is -2.35. The molecule has 0 radical (unpaired) electrons. The van der Waals surface area contributed by atoms with Crippen LogP contribution in [0.5, 0.6) is 0 Å². The fourth-order valence-corrected chi connectivity index (χ4v) is 4.52. The van der Waals surface area contributed by atoms with E-state index in [1.165, 1.54) is 6.07 Å². The van der Waals surface area contributed by atoms with E-state index < -0.39 is 6.17 Å². The number of carbonyl (C=O) groups excluding carboxylic acids is 1. The first kappa shape index (κ1) is 19.7. The molecule has 2 aliphatic rings. The highest BCUT2D eigenvalue weighted by Gasteiger charge is 2.36. The van der Waals surface area contributed by atoms with E-state index in [1.807, 2.05) is 32.9 Å². The van der Waals surface area contributed by atoms with Crippen molar-refractivity contribution in [3.63, 3.8) is 0 Å². The molecule has 3 N–H and O–H groups in total. The fraction of sp³-hybridized carbons (Fsp3) is 0.435. The van der Waals surface area contributed by atoms with Gasteiger partial charge in [-0.05, 0) is 55.9 Å². The summed E-state index contributed by atoms with van der Waals surface area (Å²) < 4.78 is 28.6. The molecule has 1 amide bonds. The van der Waals surface area contributed by atoms with E-state index in [0.717, 1.165) is 22.2 Å². The highest BCUT2D eigenvalue weighted by atomic mass is 19.1. The highest BCUT2D eigenvalue weighted by molar-refractivity contribution is 5.93. The van der Waals surface area contributed by atoms with Crippen LogP contribution in [-0.4, -0.2) is 29.6 Å². The lowest BCUT2D eigenvalue weighted by atomic mass is 9.94. The zero-order chi connectivity index (χ0) is 20.7. The van der Waals surface area contributed by atoms with Crippen molar-refractivity contribution in [3.05, 3.63) is 58.7 Å². The van der Waals surface area contributed by atoms with Gasteiger partial charge in [-0.1, -0.05) is 25.1 Å². The maximum atomic E-state index is 14.5. The number of hydrogen-bond donors (Lipinski definition) is 3. The molecule has 0 saturated heterocycles. The number of halogens is 2. The molecular formula is C23H27F2N3O. The molecule has 2 aromatic rings. The largest absolute Gasteiger partial charge is 0.374 e. The van der Waals surface area contributed by atoms with Crippen molar-refractivity contribution in [3.8, 4) is 0 Å². The van der Waals surface area contributed by atoms with Crippen LogP contribution in [0.3, 0.4) is 0 Å². The Kier molecular flexibility index (Phi) is 5.19. The molecule has 4 atom stereocenters. The van der Waals surface area contributed by atoms with Crippen LogP contribution in [0.1, 0.15) is 30.2 Å². The Bertz CT molecular complexity index is 1010. The number of aromatic amines is 1. The van der Waals surface area contributed by atoms with Crippen LogP contribution in [-0.2, 0) is 11.2 Å². The van der Waals surface area contributed by atoms with Crippen LogP contribution < -0.4 is 10.6 Å². The molecule has 0 spiro atoms. The van der Waals surface area contributed by atoms with Gasteiger partial charge in [-0.2, -0.15) is 0 Å². The average molecular weight is 399 g/mol. The fourth-order valence-electron chi connectivity index (χ4n) is 4.52. The number of carbonyl (C=O) groups is 1. The molecule has 1 aromatic heterocycles. The number of aryl methyl sites for hydroxylation is 2. The third kappa shape index (κ3) is 3.68. The van der Waals surface area contributed by atoms with Crippen LogP contribution in [0.15, 0.2) is 36.1 Å². The third-order valence-electron chi connectivity index (χ3n) is 6.09. The zero-order valence-corrected chi connectivity index (χ0v) is 17.0. The second kappa shape index (κ2) is 7.65. The van der Waals surface area contributed by atoms with Crippen LogP contribution >= 0.6 is 0 Å². The Morgan fingerprint density at radius 2 is 2.07 bits per heavy atom. The molecule has 1 aromatic carbocycles. The molecule has 4 unspecified atom stereocenters. The monoisotopic (exact) mass is 399 g/mol. The first-order chi connectivity index (χ1) is 13.8. The van der Waals surface area contributed by atoms with Gasteiger partial charge in [-0.15, -0.1) is 0 Å². The summed E-state index contributed by atoms with van der Waals surface area (Å²) in [4.78, 5) is 15.7. The molecule has 0 saturated carbocycles. The van der Waals surface area contributed by atoms with E-state index in [9.17, 15) is 13.6 Å². The van der Waals surface area contributed by atoms with E-state index in [1.54, 1.807) is 12.1 Å². The summed E-state index contributed by atoms with van der Waals surface area (Å²) in [6, 6.07) is 3.07. The molecule has 1 aliphatic carbocycles. The summed E-state index contributed by atoms with van der Waals surface area (Å²) in [5, 5.41) is 6.95. The summed E-state index contributed by atoms with van der Waals surface area (Å²) >= 11 is 0. The minimum Gasteiger partial charge on any atom is -0.374 e. The lowest BCUT2D eigenvalue weighted by Gasteiger charge is -2.18. The summed E-state index contributed by atoms with van der Waals surface area (Å²) in [6.07, 6.45) is 5.81. The molecule has 154 valence electrons. The van der Waals surface area contributed by atoms with Crippen molar-refractivity contribution in [1.29, 1.82) is 0 Å². The van der Waals surface area contributed by atoms with Gasteiger partial charge in [-0.3, -0.25) is 4.79 Å². The number of hydrogen-bond acceptors (Lipinski definition) is 2. The first-order valence-electron chi connectivity index (χ1n) is 10.2. The Hall–Kier alpha value is -2.63. The number of H-pyrrole nitrogens is 1. The van der Waals surface area contributed by atoms with Crippen molar-refractivity contribution in [1.82, 2.24) is 15.6 Å². The van der Waals surface area contributed by atoms with Crippen LogP contribution in [0.4, 0.5) is 8.78 Å². The molecule has 29 heavy (non-hydrogen) atoms. The molecular weight excluding hydrogens is 372 g/mol. The minimum atomic E-state index is -0.963. The lowest BCUT2D eigenvalue weighted by molar-refractivity contribution is -0.117. The van der Waals surface area contributed by atoms with Crippen molar-refractivity contribution < 1.29 is 13.6 Å². The number of rotatable bonds is 4. The quantitative estimate of drug-likeness (QED) is 0.681. The highest BCUT2D eigenvalue weighted by Crippen LogP contribution is 2.31. The minimum absolute atomic E-state index is 0.169. The standard InChI is InChI=1S/C23H27F2N3O/c1-12-4-7-19-16(18(25)10-12)11-20(28-19)23(29)26-9-8-15-14(3)27-22-17(24)6-5-13(2)21(15)22/h4-7,11-12,16,18-19,27-28H,8-10H2,1-3H3,(H,26,29). The Balaban J connectivity index is 1.42. The van der Waals surface area contributed by atoms with E-state index in [4.69, 9.17) is 0 Å². The normalized spacial score (nSPS) is 26.0. The second-order valence-corrected chi connectivity index (χ2v) is 8.29. The van der Waals surface area contributed by atoms with Gasteiger partial charge in [0.1, 0.15) is 12.0 Å². The first-order valence-corrected chi connectivity index (χ1v) is 10.2. The smallest absolute Gasteiger partial charge is 0.267 e. The van der Waals surface area contributed by atoms with Crippen LogP contribution in [0, 0.1) is 31.5 Å². The van der Waals surface area contributed by atoms with E-state index >= 15 is 0 Å². The van der Waals surface area contributed by atoms with Gasteiger partial charge in [0.2, 0.25) is 0 Å². The predicted molar refractivity (Wildman–Crippen MR) is 111 cm³/mol. The zero-order valence-electron chi connectivity index (χ0n) is 17.0. The number of aromatic nitrogens is 1. The number of benzene rings is 1. The maximum absolute atomic E-state index is 14.5. The summed E-state index contributed by atoms with van der Waals surface area (Å²) in [5.74, 6) is -0.604. The van der Waals surface area contributed by atoms with Crippen LogP contribution in [0.2, 0.25) is 0 Å². The molecule has 0 fully saturated rings. The van der Waals surface area contributed by atoms with Gasteiger partial charge < -0.3 is 15.6 Å². The van der Waals surface area contributed by atoms with Gasteiger partial charge >= 0.3 is 0 Å². The van der Waals surface area contributed by atoms with Crippen molar-refractivity contribution >= 4 is 16.8 Å². The second-order valence-electron chi connectivity index (χ2n) is 8.29. The van der Waals surface area contributed by atoms with E-state index in [-0.39, 0.29) is 29.6 Å². The van der Waals surface area contributed by atoms with E-state index in [2.05, 4.69) is 15.6 Å². The third-order valence-corrected chi connectivity index (χ3v) is 6.09. The number of allylic oxidation sites excluding steroid dienone is 1.